The Labute approximate surface area is 170 Å². The van der Waals surface area contributed by atoms with E-state index in [2.05, 4.69) is 19.2 Å². The van der Waals surface area contributed by atoms with E-state index in [0.717, 1.165) is 10.6 Å². The molecule has 3 nitrogen and oxygen atoms in total. The standard InChI is InChI=1S/C24H23NO2S/c1-17(2)18-11-13-21(14-12-18)25-24(27)20-9-6-10-22(15-20)28-16-23(26)19-7-4-3-5-8-19/h3-15,17H,16H2,1-2H3,(H,25,27). The number of hydrogen-bond donors (Lipinski definition) is 1. The summed E-state index contributed by atoms with van der Waals surface area (Å²) in [5.74, 6) is 0.711. The van der Waals surface area contributed by atoms with Crippen LogP contribution in [0.3, 0.4) is 0 Å². The first-order valence-electron chi connectivity index (χ1n) is 9.25. The summed E-state index contributed by atoms with van der Waals surface area (Å²) in [5, 5.41) is 2.93. The molecule has 0 unspecified atom stereocenters. The Hall–Kier alpha value is -2.85. The maximum atomic E-state index is 12.6. The highest BCUT2D eigenvalue weighted by molar-refractivity contribution is 8.00. The summed E-state index contributed by atoms with van der Waals surface area (Å²) in [7, 11) is 0. The number of anilines is 1. The van der Waals surface area contributed by atoms with E-state index in [1.54, 1.807) is 6.07 Å². The van der Waals surface area contributed by atoms with Gasteiger partial charge in [0, 0.05) is 21.7 Å². The normalized spacial score (nSPS) is 10.7. The zero-order valence-corrected chi connectivity index (χ0v) is 16.8. The predicted molar refractivity (Wildman–Crippen MR) is 116 cm³/mol. The number of thioether (sulfide) groups is 1. The second-order valence-electron chi connectivity index (χ2n) is 6.84. The van der Waals surface area contributed by atoms with Crippen molar-refractivity contribution in [1.29, 1.82) is 0 Å². The highest BCUT2D eigenvalue weighted by atomic mass is 32.2. The Bertz CT molecular complexity index is 950. The van der Waals surface area contributed by atoms with E-state index >= 15 is 0 Å². The summed E-state index contributed by atoms with van der Waals surface area (Å²) in [6.07, 6.45) is 0. The molecule has 0 saturated heterocycles. The molecule has 0 aliphatic heterocycles. The fraction of sp³-hybridized carbons (Fsp3) is 0.167. The molecule has 3 aromatic rings. The summed E-state index contributed by atoms with van der Waals surface area (Å²) in [6, 6.07) is 24.5. The molecule has 0 atom stereocenters. The molecule has 0 bridgehead atoms. The molecule has 0 spiro atoms. The number of hydrogen-bond acceptors (Lipinski definition) is 3. The average Bonchev–Trinajstić information content (AvgIpc) is 2.73. The van der Waals surface area contributed by atoms with Crippen LogP contribution in [0.1, 0.15) is 46.0 Å². The Kier molecular flexibility index (Phi) is 6.66. The van der Waals surface area contributed by atoms with Crippen LogP contribution in [0.2, 0.25) is 0 Å². The van der Waals surface area contributed by atoms with E-state index in [4.69, 9.17) is 0 Å². The van der Waals surface area contributed by atoms with Crippen molar-refractivity contribution in [2.24, 2.45) is 0 Å². The largest absolute Gasteiger partial charge is 0.322 e. The van der Waals surface area contributed by atoms with E-state index in [1.807, 2.05) is 72.8 Å². The summed E-state index contributed by atoms with van der Waals surface area (Å²) in [6.45, 7) is 4.28. The van der Waals surface area contributed by atoms with E-state index in [1.165, 1.54) is 17.3 Å². The van der Waals surface area contributed by atoms with E-state index in [-0.39, 0.29) is 11.7 Å². The van der Waals surface area contributed by atoms with Gasteiger partial charge < -0.3 is 5.32 Å². The summed E-state index contributed by atoms with van der Waals surface area (Å²) in [4.78, 5) is 25.7. The van der Waals surface area contributed by atoms with Crippen molar-refractivity contribution in [1.82, 2.24) is 0 Å². The van der Waals surface area contributed by atoms with Gasteiger partial charge in [-0.15, -0.1) is 11.8 Å². The number of ketones is 1. The van der Waals surface area contributed by atoms with E-state index in [0.29, 0.717) is 22.8 Å². The van der Waals surface area contributed by atoms with Crippen LogP contribution >= 0.6 is 11.8 Å². The second-order valence-corrected chi connectivity index (χ2v) is 7.89. The van der Waals surface area contributed by atoms with Gasteiger partial charge in [0.15, 0.2) is 5.78 Å². The van der Waals surface area contributed by atoms with Gasteiger partial charge in [0.2, 0.25) is 0 Å². The van der Waals surface area contributed by atoms with Crippen LogP contribution in [0, 0.1) is 0 Å². The topological polar surface area (TPSA) is 46.2 Å². The Morgan fingerprint density at radius 1 is 0.857 bits per heavy atom. The molecule has 1 amide bonds. The Morgan fingerprint density at radius 3 is 2.21 bits per heavy atom. The molecule has 142 valence electrons. The molecular formula is C24H23NO2S. The fourth-order valence-electron chi connectivity index (χ4n) is 2.74. The van der Waals surface area contributed by atoms with Gasteiger partial charge in [-0.2, -0.15) is 0 Å². The molecule has 0 aliphatic rings. The number of rotatable bonds is 7. The lowest BCUT2D eigenvalue weighted by Gasteiger charge is -2.09. The van der Waals surface area contributed by atoms with Gasteiger partial charge in [-0.05, 0) is 41.8 Å². The molecule has 0 fully saturated rings. The van der Waals surface area contributed by atoms with Crippen LogP contribution in [0.25, 0.3) is 0 Å². The highest BCUT2D eigenvalue weighted by Crippen LogP contribution is 2.22. The molecule has 3 rings (SSSR count). The van der Waals surface area contributed by atoms with Crippen molar-refractivity contribution in [2.75, 3.05) is 11.1 Å². The summed E-state index contributed by atoms with van der Waals surface area (Å²) >= 11 is 1.44. The SMILES string of the molecule is CC(C)c1ccc(NC(=O)c2cccc(SCC(=O)c3ccccc3)c2)cc1. The van der Waals surface area contributed by atoms with Crippen molar-refractivity contribution < 1.29 is 9.59 Å². The Morgan fingerprint density at radius 2 is 1.54 bits per heavy atom. The molecule has 0 heterocycles. The highest BCUT2D eigenvalue weighted by Gasteiger charge is 2.10. The number of benzene rings is 3. The average molecular weight is 390 g/mol. The number of carbonyl (C=O) groups excluding carboxylic acids is 2. The second kappa shape index (κ2) is 9.38. The smallest absolute Gasteiger partial charge is 0.255 e. The van der Waals surface area contributed by atoms with Gasteiger partial charge in [0.05, 0.1) is 5.75 Å². The third-order valence-corrected chi connectivity index (χ3v) is 5.39. The van der Waals surface area contributed by atoms with E-state index in [9.17, 15) is 9.59 Å². The molecule has 3 aromatic carbocycles. The lowest BCUT2D eigenvalue weighted by Crippen LogP contribution is -2.12. The molecular weight excluding hydrogens is 366 g/mol. The maximum absolute atomic E-state index is 12.6. The van der Waals surface area contributed by atoms with Crippen LogP contribution in [-0.4, -0.2) is 17.4 Å². The van der Waals surface area contributed by atoms with Gasteiger partial charge in [0.1, 0.15) is 0 Å². The zero-order chi connectivity index (χ0) is 19.9. The number of carbonyl (C=O) groups is 2. The number of amides is 1. The predicted octanol–water partition coefficient (Wildman–Crippen LogP) is 6.04. The van der Waals surface area contributed by atoms with Crippen LogP contribution in [0.4, 0.5) is 5.69 Å². The molecule has 0 aliphatic carbocycles. The van der Waals surface area contributed by atoms with Gasteiger partial charge in [-0.1, -0.05) is 62.4 Å². The van der Waals surface area contributed by atoms with Crippen molar-refractivity contribution in [3.63, 3.8) is 0 Å². The van der Waals surface area contributed by atoms with Gasteiger partial charge in [-0.3, -0.25) is 9.59 Å². The molecule has 1 N–H and O–H groups in total. The third kappa shape index (κ3) is 5.33. The van der Waals surface area contributed by atoms with Crippen LogP contribution < -0.4 is 5.32 Å². The van der Waals surface area contributed by atoms with Crippen molar-refractivity contribution in [3.05, 3.63) is 95.6 Å². The third-order valence-electron chi connectivity index (χ3n) is 4.40. The number of nitrogens with one attached hydrogen (secondary N) is 1. The first-order valence-corrected chi connectivity index (χ1v) is 10.2. The summed E-state index contributed by atoms with van der Waals surface area (Å²) < 4.78 is 0. The minimum absolute atomic E-state index is 0.0747. The van der Waals surface area contributed by atoms with E-state index < -0.39 is 0 Å². The molecule has 0 saturated carbocycles. The fourth-order valence-corrected chi connectivity index (χ4v) is 3.59. The van der Waals surface area contributed by atoms with Crippen molar-refractivity contribution in [2.45, 2.75) is 24.7 Å². The molecule has 4 heteroatoms. The maximum Gasteiger partial charge on any atom is 0.255 e. The van der Waals surface area contributed by atoms with Crippen LogP contribution in [0.15, 0.2) is 83.8 Å². The first-order chi connectivity index (χ1) is 13.5. The van der Waals surface area contributed by atoms with Gasteiger partial charge >= 0.3 is 0 Å². The van der Waals surface area contributed by atoms with Crippen LogP contribution in [0.5, 0.6) is 0 Å². The zero-order valence-electron chi connectivity index (χ0n) is 16.0. The summed E-state index contributed by atoms with van der Waals surface area (Å²) in [5.41, 5.74) is 3.28. The monoisotopic (exact) mass is 389 g/mol. The van der Waals surface area contributed by atoms with Gasteiger partial charge in [0.25, 0.3) is 5.91 Å². The minimum Gasteiger partial charge on any atom is -0.322 e. The quantitative estimate of drug-likeness (QED) is 0.396. The Balaban J connectivity index is 1.62. The first kappa shape index (κ1) is 19.9. The molecule has 0 radical (unpaired) electrons. The van der Waals surface area contributed by atoms with Gasteiger partial charge in [-0.25, -0.2) is 0 Å². The van der Waals surface area contributed by atoms with Crippen molar-refractivity contribution >= 4 is 29.1 Å². The van der Waals surface area contributed by atoms with Crippen LogP contribution in [-0.2, 0) is 0 Å². The number of Topliss-reactive ketones (excluding diaryl/α,β-unsaturated/α-hetero) is 1. The lowest BCUT2D eigenvalue weighted by molar-refractivity contribution is 0.101. The molecule has 28 heavy (non-hydrogen) atoms. The lowest BCUT2D eigenvalue weighted by atomic mass is 10.0. The van der Waals surface area contributed by atoms with Crippen molar-refractivity contribution in [3.8, 4) is 0 Å². The molecule has 0 aromatic heterocycles. The minimum atomic E-state index is -0.158.